The van der Waals surface area contributed by atoms with Crippen molar-refractivity contribution in [2.75, 3.05) is 0 Å². The van der Waals surface area contributed by atoms with Crippen molar-refractivity contribution >= 4 is 23.2 Å². The molecule has 6 atom stereocenters. The van der Waals surface area contributed by atoms with Crippen molar-refractivity contribution in [1.29, 1.82) is 0 Å². The largest absolute Gasteiger partial charge is 0.444 e. The number of hydrogen-bond acceptors (Lipinski definition) is 6. The number of aromatic nitrogens is 4. The van der Waals surface area contributed by atoms with Gasteiger partial charge in [-0.3, -0.25) is 9.80 Å². The van der Waals surface area contributed by atoms with Crippen LogP contribution in [0.3, 0.4) is 0 Å². The minimum absolute atomic E-state index is 0.136. The van der Waals surface area contributed by atoms with Gasteiger partial charge in [0.15, 0.2) is 0 Å². The summed E-state index contributed by atoms with van der Waals surface area (Å²) in [6, 6.07) is 23.5. The van der Waals surface area contributed by atoms with Crippen LogP contribution in [0.25, 0.3) is 39.0 Å². The summed E-state index contributed by atoms with van der Waals surface area (Å²) < 4.78 is 14.0. The predicted octanol–water partition coefficient (Wildman–Crippen LogP) is 10.0. The van der Waals surface area contributed by atoms with Gasteiger partial charge in [0.2, 0.25) is 0 Å². The fraction of sp³-hybridized carbons (Fsp3) is 0.455. The fourth-order valence-electron chi connectivity index (χ4n) is 9.69. The van der Waals surface area contributed by atoms with E-state index in [2.05, 4.69) is 70.2 Å². The van der Waals surface area contributed by atoms with E-state index in [1.54, 1.807) is 0 Å². The van der Waals surface area contributed by atoms with Crippen LogP contribution in [0.2, 0.25) is 0 Å². The molecule has 280 valence electrons. The number of fused-ring (bicyclic) bond motifs is 5. The summed E-state index contributed by atoms with van der Waals surface area (Å²) in [6.45, 7) is 11.5. The topological polar surface area (TPSA) is 106 Å². The van der Waals surface area contributed by atoms with Gasteiger partial charge in [0, 0.05) is 30.2 Å². The molecule has 10 heteroatoms. The van der Waals surface area contributed by atoms with E-state index in [9.17, 15) is 9.59 Å². The van der Waals surface area contributed by atoms with Crippen molar-refractivity contribution in [3.63, 3.8) is 0 Å². The summed E-state index contributed by atoms with van der Waals surface area (Å²) in [4.78, 5) is 44.6. The van der Waals surface area contributed by atoms with Crippen LogP contribution in [-0.4, -0.2) is 64.8 Å². The number of H-pyrrole nitrogens is 1. The Morgan fingerprint density at radius 3 is 2.04 bits per heavy atom. The second kappa shape index (κ2) is 12.7. The van der Waals surface area contributed by atoms with Gasteiger partial charge in [-0.15, -0.1) is 0 Å². The van der Waals surface area contributed by atoms with E-state index in [0.29, 0.717) is 11.8 Å². The number of nitrogens with zero attached hydrogens (tertiary/aromatic N) is 5. The molecular weight excluding hydrogens is 677 g/mol. The molecule has 9 rings (SSSR count). The van der Waals surface area contributed by atoms with Gasteiger partial charge in [-0.1, -0.05) is 42.5 Å². The Morgan fingerprint density at radius 2 is 1.37 bits per heavy atom. The molecule has 0 spiro atoms. The van der Waals surface area contributed by atoms with Crippen molar-refractivity contribution in [2.24, 2.45) is 11.8 Å². The maximum atomic E-state index is 13.6. The van der Waals surface area contributed by atoms with E-state index in [0.717, 1.165) is 89.1 Å². The van der Waals surface area contributed by atoms with Crippen LogP contribution in [0.1, 0.15) is 104 Å². The second-order valence-corrected chi connectivity index (χ2v) is 17.7. The summed E-state index contributed by atoms with van der Waals surface area (Å²) in [7, 11) is 0. The van der Waals surface area contributed by atoms with E-state index in [-0.39, 0.29) is 36.4 Å². The molecule has 2 amide bonds. The number of piperidine rings is 2. The SMILES string of the molecule is CC(C)(C)OC(=O)N1C2CCC(C2)C1c1nc2ccc(-c3cc(-n4ccnc4C4C5CCC(C5)N4C(=O)OC(C)(C)C)ccc3-c3ccccc3)cc2[nH]1. The first kappa shape index (κ1) is 34.6. The number of carbonyl (C=O) groups is 2. The Morgan fingerprint density at radius 1 is 0.722 bits per heavy atom. The number of carbonyl (C=O) groups excluding carboxylic acids is 2. The summed E-state index contributed by atoms with van der Waals surface area (Å²) in [6.07, 6.45) is 9.43. The molecule has 54 heavy (non-hydrogen) atoms. The molecule has 2 aromatic heterocycles. The number of ether oxygens (including phenoxy) is 2. The van der Waals surface area contributed by atoms with Crippen LogP contribution in [-0.2, 0) is 9.47 Å². The van der Waals surface area contributed by atoms with Gasteiger partial charge in [0.1, 0.15) is 22.9 Å². The number of benzene rings is 3. The zero-order valence-corrected chi connectivity index (χ0v) is 32.1. The molecule has 4 fully saturated rings. The summed E-state index contributed by atoms with van der Waals surface area (Å²) >= 11 is 0. The van der Waals surface area contributed by atoms with Crippen LogP contribution in [0.15, 0.2) is 79.1 Å². The van der Waals surface area contributed by atoms with Crippen LogP contribution in [0.5, 0.6) is 0 Å². The van der Waals surface area contributed by atoms with E-state index in [4.69, 9.17) is 19.4 Å². The van der Waals surface area contributed by atoms with E-state index in [1.165, 1.54) is 0 Å². The number of rotatable bonds is 5. The molecule has 1 N–H and O–H groups in total. The number of imidazole rings is 2. The number of aromatic amines is 1. The molecule has 2 aliphatic carbocycles. The van der Waals surface area contributed by atoms with Gasteiger partial charge in [-0.05, 0) is 138 Å². The molecule has 4 bridgehead atoms. The summed E-state index contributed by atoms with van der Waals surface area (Å²) in [5.41, 5.74) is 5.98. The highest BCUT2D eigenvalue weighted by Crippen LogP contribution is 2.52. The Bertz CT molecular complexity index is 2230. The van der Waals surface area contributed by atoms with Crippen molar-refractivity contribution < 1.29 is 19.1 Å². The predicted molar refractivity (Wildman–Crippen MR) is 208 cm³/mol. The minimum atomic E-state index is -0.578. The zero-order valence-electron chi connectivity index (χ0n) is 32.1. The zero-order chi connectivity index (χ0) is 37.5. The molecule has 6 unspecified atom stereocenters. The van der Waals surface area contributed by atoms with Gasteiger partial charge in [0.25, 0.3) is 0 Å². The third-order valence-electron chi connectivity index (χ3n) is 11.8. The van der Waals surface area contributed by atoms with Crippen LogP contribution < -0.4 is 0 Å². The van der Waals surface area contributed by atoms with Gasteiger partial charge >= 0.3 is 12.2 Å². The molecule has 5 aromatic rings. The maximum absolute atomic E-state index is 13.6. The maximum Gasteiger partial charge on any atom is 0.411 e. The molecule has 2 saturated carbocycles. The lowest BCUT2D eigenvalue weighted by molar-refractivity contribution is 0.00510. The molecular formula is C44H50N6O4. The lowest BCUT2D eigenvalue weighted by atomic mass is 9.93. The highest BCUT2D eigenvalue weighted by molar-refractivity contribution is 5.89. The smallest absolute Gasteiger partial charge is 0.411 e. The molecule has 2 saturated heterocycles. The van der Waals surface area contributed by atoms with E-state index < -0.39 is 11.2 Å². The van der Waals surface area contributed by atoms with Gasteiger partial charge < -0.3 is 19.0 Å². The number of nitrogens with one attached hydrogen (secondary N) is 1. The van der Waals surface area contributed by atoms with Crippen LogP contribution in [0.4, 0.5) is 9.59 Å². The first-order valence-electron chi connectivity index (χ1n) is 19.6. The third-order valence-corrected chi connectivity index (χ3v) is 11.8. The highest BCUT2D eigenvalue weighted by atomic mass is 16.6. The summed E-state index contributed by atoms with van der Waals surface area (Å²) in [5, 5.41) is 0. The van der Waals surface area contributed by atoms with Crippen LogP contribution >= 0.6 is 0 Å². The van der Waals surface area contributed by atoms with Crippen molar-refractivity contribution in [3.8, 4) is 27.9 Å². The Balaban J connectivity index is 1.10. The molecule has 4 heterocycles. The van der Waals surface area contributed by atoms with Gasteiger partial charge in [-0.25, -0.2) is 19.6 Å². The molecule has 4 aliphatic rings. The molecule has 3 aromatic carbocycles. The third kappa shape index (κ3) is 6.13. The molecule has 10 nitrogen and oxygen atoms in total. The lowest BCUT2D eigenvalue weighted by Crippen LogP contribution is -2.43. The first-order chi connectivity index (χ1) is 25.8. The van der Waals surface area contributed by atoms with E-state index in [1.807, 2.05) is 69.8 Å². The number of likely N-dealkylation sites (tertiary alicyclic amines) is 2. The lowest BCUT2D eigenvalue weighted by Gasteiger charge is -2.36. The Hall–Kier alpha value is -5.12. The standard InChI is InChI=1S/C44H50N6O4/c1-43(2,3)53-41(51)49-31-15-12-28(22-31)37(49)39-46-35-19-14-27(24-36(35)47-39)34-25-30(17-18-33(34)26-10-8-7-9-11-26)48-21-20-45-40(48)38-29-13-16-32(23-29)50(38)42(52)54-44(4,5)6/h7-11,14,17-21,24-25,28-29,31-32,37-38H,12-13,15-16,22-23H2,1-6H3,(H,46,47). The molecule has 2 aliphatic heterocycles. The normalized spacial score (nSPS) is 24.9. The Labute approximate surface area is 316 Å². The first-order valence-corrected chi connectivity index (χ1v) is 19.6. The average Bonchev–Trinajstić information content (AvgIpc) is 3.98. The van der Waals surface area contributed by atoms with Crippen molar-refractivity contribution in [1.82, 2.24) is 29.3 Å². The number of hydrogen-bond donors (Lipinski definition) is 1. The Kier molecular flexibility index (Phi) is 8.17. The second-order valence-electron chi connectivity index (χ2n) is 17.7. The van der Waals surface area contributed by atoms with Crippen LogP contribution in [0, 0.1) is 11.8 Å². The number of amides is 2. The highest BCUT2D eigenvalue weighted by Gasteiger charge is 2.52. The van der Waals surface area contributed by atoms with Crippen molar-refractivity contribution in [3.05, 3.63) is 90.8 Å². The van der Waals surface area contributed by atoms with Crippen molar-refractivity contribution in [2.45, 2.75) is 115 Å². The monoisotopic (exact) mass is 726 g/mol. The molecule has 0 radical (unpaired) electrons. The van der Waals surface area contributed by atoms with Gasteiger partial charge in [0.05, 0.1) is 23.1 Å². The summed E-state index contributed by atoms with van der Waals surface area (Å²) in [5.74, 6) is 2.38. The average molecular weight is 727 g/mol. The van der Waals surface area contributed by atoms with Gasteiger partial charge in [-0.2, -0.15) is 0 Å². The quantitative estimate of drug-likeness (QED) is 0.193. The van der Waals surface area contributed by atoms with E-state index >= 15 is 0 Å². The minimum Gasteiger partial charge on any atom is -0.444 e. The fourth-order valence-corrected chi connectivity index (χ4v) is 9.69.